The molecule has 1 heterocycles. The van der Waals surface area contributed by atoms with Crippen LogP contribution in [0.2, 0.25) is 0 Å². The van der Waals surface area contributed by atoms with Crippen molar-refractivity contribution in [2.24, 2.45) is 5.14 Å². The molecule has 0 aliphatic rings. The highest BCUT2D eigenvalue weighted by Crippen LogP contribution is 2.18. The molecule has 1 amide bonds. The molecule has 0 atom stereocenters. The lowest BCUT2D eigenvalue weighted by Crippen LogP contribution is -2.23. The minimum absolute atomic E-state index is 0.0293. The van der Waals surface area contributed by atoms with Crippen LogP contribution in [0, 0.1) is 0 Å². The zero-order valence-corrected chi connectivity index (χ0v) is 16.4. The largest absolute Gasteiger partial charge is 0.450 e. The van der Waals surface area contributed by atoms with Gasteiger partial charge in [-0.3, -0.25) is 4.79 Å². The lowest BCUT2D eigenvalue weighted by atomic mass is 10.3. The predicted octanol–water partition coefficient (Wildman–Crippen LogP) is -0.0272. The minimum atomic E-state index is -4.12. The lowest BCUT2D eigenvalue weighted by molar-refractivity contribution is -0.119. The van der Waals surface area contributed by atoms with Crippen LogP contribution in [0.25, 0.3) is 0 Å². The van der Waals surface area contributed by atoms with Crippen molar-refractivity contribution in [3.8, 4) is 0 Å². The second-order valence-corrected chi connectivity index (χ2v) is 9.25. The first-order chi connectivity index (χ1) is 12.9. The van der Waals surface area contributed by atoms with Crippen molar-refractivity contribution in [2.45, 2.75) is 9.99 Å². The number of carbonyl (C=O) groups is 2. The average molecular weight is 431 g/mol. The van der Waals surface area contributed by atoms with Crippen LogP contribution >= 0.6 is 0 Å². The predicted molar refractivity (Wildman–Crippen MR) is 96.3 cm³/mol. The number of sulfonamides is 2. The van der Waals surface area contributed by atoms with Crippen LogP contribution in [0.15, 0.2) is 50.8 Å². The normalized spacial score (nSPS) is 12.0. The molecule has 2 rings (SSSR count). The smallest absolute Gasteiger partial charge is 0.374 e. The number of carbonyl (C=O) groups excluding carboxylic acids is 2. The van der Waals surface area contributed by atoms with Crippen molar-refractivity contribution in [2.75, 3.05) is 26.0 Å². The molecule has 0 bridgehead atoms. The molecule has 0 fully saturated rings. The van der Waals surface area contributed by atoms with Crippen LogP contribution < -0.4 is 10.5 Å². The quantitative estimate of drug-likeness (QED) is 0.577. The summed E-state index contributed by atoms with van der Waals surface area (Å²) in [6.45, 7) is -0.713. The maximum atomic E-state index is 12.1. The van der Waals surface area contributed by atoms with Gasteiger partial charge in [-0.05, 0) is 30.3 Å². The molecule has 0 unspecified atom stereocenters. The van der Waals surface area contributed by atoms with Gasteiger partial charge in [-0.25, -0.2) is 31.1 Å². The Morgan fingerprint density at radius 3 is 2.39 bits per heavy atom. The molecule has 1 aromatic heterocycles. The summed E-state index contributed by atoms with van der Waals surface area (Å²) in [6.07, 6.45) is 0. The van der Waals surface area contributed by atoms with Crippen LogP contribution in [-0.4, -0.2) is 53.7 Å². The lowest BCUT2D eigenvalue weighted by Gasteiger charge is -2.12. The van der Waals surface area contributed by atoms with Crippen LogP contribution in [0.5, 0.6) is 0 Å². The minimum Gasteiger partial charge on any atom is -0.450 e. The molecule has 1 aromatic carbocycles. The van der Waals surface area contributed by atoms with Gasteiger partial charge in [-0.15, -0.1) is 0 Å². The van der Waals surface area contributed by atoms with Gasteiger partial charge in [-0.2, -0.15) is 0 Å². The molecular weight excluding hydrogens is 414 g/mol. The average Bonchev–Trinajstić information content (AvgIpc) is 3.10. The fraction of sp³-hybridized carbons (Fsp3) is 0.200. The molecule has 3 N–H and O–H groups in total. The number of furan rings is 1. The number of esters is 1. The first kappa shape index (κ1) is 21.6. The van der Waals surface area contributed by atoms with Gasteiger partial charge < -0.3 is 14.5 Å². The van der Waals surface area contributed by atoms with Gasteiger partial charge in [0.2, 0.25) is 20.9 Å². The fourth-order valence-electron chi connectivity index (χ4n) is 1.93. The highest BCUT2D eigenvalue weighted by Gasteiger charge is 2.20. The fourth-order valence-corrected chi connectivity index (χ4v) is 3.34. The van der Waals surface area contributed by atoms with E-state index in [-0.39, 0.29) is 10.6 Å². The molecule has 13 heteroatoms. The Hall–Kier alpha value is -2.74. The highest BCUT2D eigenvalue weighted by molar-refractivity contribution is 7.89. The molecule has 0 radical (unpaired) electrons. The Bertz CT molecular complexity index is 1100. The SMILES string of the molecule is CN(C)S(=O)(=O)c1cccc(NC(=O)COC(=O)c2ccc(S(N)(=O)=O)o2)c1. The van der Waals surface area contributed by atoms with E-state index in [1.807, 2.05) is 0 Å². The molecule has 0 spiro atoms. The summed E-state index contributed by atoms with van der Waals surface area (Å²) >= 11 is 0. The summed E-state index contributed by atoms with van der Waals surface area (Å²) in [5.41, 5.74) is 0.179. The molecule has 11 nitrogen and oxygen atoms in total. The van der Waals surface area contributed by atoms with Crippen LogP contribution in [0.1, 0.15) is 10.6 Å². The van der Waals surface area contributed by atoms with Gasteiger partial charge in [0.25, 0.3) is 15.9 Å². The molecule has 28 heavy (non-hydrogen) atoms. The number of benzene rings is 1. The molecule has 0 aliphatic carbocycles. The topological polar surface area (TPSA) is 166 Å². The summed E-state index contributed by atoms with van der Waals surface area (Å²) in [5, 5.41) is 6.62. The van der Waals surface area contributed by atoms with Gasteiger partial charge in [0.05, 0.1) is 4.90 Å². The number of nitrogens with two attached hydrogens (primary N) is 1. The second kappa shape index (κ2) is 8.10. The molecule has 2 aromatic rings. The maximum absolute atomic E-state index is 12.1. The number of hydrogen-bond acceptors (Lipinski definition) is 8. The summed E-state index contributed by atoms with van der Waals surface area (Å²) in [7, 11) is -5.06. The van der Waals surface area contributed by atoms with E-state index in [1.54, 1.807) is 0 Å². The molecule has 152 valence electrons. The van der Waals surface area contributed by atoms with Crippen molar-refractivity contribution in [3.63, 3.8) is 0 Å². The van der Waals surface area contributed by atoms with Crippen LogP contribution in [0.4, 0.5) is 5.69 Å². The Balaban J connectivity index is 2.00. The van der Waals surface area contributed by atoms with Crippen molar-refractivity contribution in [1.82, 2.24) is 4.31 Å². The van der Waals surface area contributed by atoms with Gasteiger partial charge >= 0.3 is 5.97 Å². The first-order valence-corrected chi connectivity index (χ1v) is 10.5. The highest BCUT2D eigenvalue weighted by atomic mass is 32.2. The number of nitrogens with one attached hydrogen (secondary N) is 1. The summed E-state index contributed by atoms with van der Waals surface area (Å²) in [4.78, 5) is 23.7. The van der Waals surface area contributed by atoms with Crippen molar-refractivity contribution < 1.29 is 35.6 Å². The number of ether oxygens (including phenoxy) is 1. The van der Waals surface area contributed by atoms with E-state index in [4.69, 9.17) is 14.3 Å². The third-order valence-electron chi connectivity index (χ3n) is 3.29. The summed E-state index contributed by atoms with van der Waals surface area (Å²) in [5.74, 6) is -2.27. The Morgan fingerprint density at radius 2 is 1.82 bits per heavy atom. The van der Waals surface area contributed by atoms with Crippen LogP contribution in [0.3, 0.4) is 0 Å². The van der Waals surface area contributed by atoms with E-state index < -0.39 is 49.4 Å². The third kappa shape index (κ3) is 5.16. The number of hydrogen-bond donors (Lipinski definition) is 2. The number of rotatable bonds is 7. The van der Waals surface area contributed by atoms with E-state index in [0.717, 1.165) is 16.4 Å². The first-order valence-electron chi connectivity index (χ1n) is 7.53. The van der Waals surface area contributed by atoms with Gasteiger partial charge in [0.1, 0.15) is 0 Å². The zero-order chi connectivity index (χ0) is 21.1. The molecule has 0 saturated carbocycles. The Kier molecular flexibility index (Phi) is 6.23. The van der Waals surface area contributed by atoms with E-state index >= 15 is 0 Å². The molecule has 0 aliphatic heterocycles. The van der Waals surface area contributed by atoms with Gasteiger partial charge in [-0.1, -0.05) is 6.07 Å². The van der Waals surface area contributed by atoms with E-state index in [2.05, 4.69) is 5.32 Å². The number of nitrogens with zero attached hydrogens (tertiary/aromatic N) is 1. The van der Waals surface area contributed by atoms with E-state index in [9.17, 15) is 26.4 Å². The molecular formula is C15H17N3O8S2. The second-order valence-electron chi connectivity index (χ2n) is 5.60. The monoisotopic (exact) mass is 431 g/mol. The summed E-state index contributed by atoms with van der Waals surface area (Å²) < 4.78 is 56.9. The zero-order valence-electron chi connectivity index (χ0n) is 14.8. The number of amides is 1. The van der Waals surface area contributed by atoms with Crippen LogP contribution in [-0.2, 0) is 29.6 Å². The summed E-state index contributed by atoms with van der Waals surface area (Å²) in [6, 6.07) is 7.53. The molecule has 0 saturated heterocycles. The van der Waals surface area contributed by atoms with Crippen molar-refractivity contribution in [1.29, 1.82) is 0 Å². The van der Waals surface area contributed by atoms with Crippen molar-refractivity contribution in [3.05, 3.63) is 42.2 Å². The Morgan fingerprint density at radius 1 is 1.14 bits per heavy atom. The Labute approximate surface area is 161 Å². The van der Waals surface area contributed by atoms with E-state index in [1.165, 1.54) is 38.4 Å². The van der Waals surface area contributed by atoms with Gasteiger partial charge in [0.15, 0.2) is 6.61 Å². The standard InChI is InChI=1S/C15H17N3O8S2/c1-18(2)28(23,24)11-5-3-4-10(8-11)17-13(19)9-25-15(20)12-6-7-14(26-12)27(16,21)22/h3-8H,9H2,1-2H3,(H,17,19)(H2,16,21,22). The number of anilines is 1. The van der Waals surface area contributed by atoms with E-state index in [0.29, 0.717) is 0 Å². The number of primary sulfonamides is 1. The maximum Gasteiger partial charge on any atom is 0.374 e. The van der Waals surface area contributed by atoms with Gasteiger partial charge in [0, 0.05) is 19.8 Å². The van der Waals surface area contributed by atoms with Crippen molar-refractivity contribution >= 4 is 37.6 Å². The third-order valence-corrected chi connectivity index (χ3v) is 5.89.